The standard InChI is InChI=1S/C37H26N2/c1-2-12-25(13-3-1)36-29-16-6-8-18-31(29)37(32-19-9-7-17-30(32)36)33-22-21-28(26-14-4-5-15-27(26)33)34-24-39-23-11-10-20-35(39)38-34/h1-24,35,38H. The fourth-order valence-electron chi connectivity index (χ4n) is 6.34. The van der Waals surface area contributed by atoms with Crippen LogP contribution in [0, 0.1) is 0 Å². The van der Waals surface area contributed by atoms with Gasteiger partial charge in [-0.15, -0.1) is 0 Å². The van der Waals surface area contributed by atoms with E-state index in [1.807, 2.05) is 0 Å². The highest BCUT2D eigenvalue weighted by Crippen LogP contribution is 2.46. The summed E-state index contributed by atoms with van der Waals surface area (Å²) in [6.45, 7) is 0. The summed E-state index contributed by atoms with van der Waals surface area (Å²) in [6.07, 6.45) is 10.9. The van der Waals surface area contributed by atoms with E-state index in [2.05, 4.69) is 156 Å². The van der Waals surface area contributed by atoms with Crippen LogP contribution in [0.3, 0.4) is 0 Å². The van der Waals surface area contributed by atoms with Gasteiger partial charge in [0.2, 0.25) is 0 Å². The topological polar surface area (TPSA) is 15.3 Å². The quantitative estimate of drug-likeness (QED) is 0.245. The van der Waals surface area contributed by atoms with E-state index in [0.29, 0.717) is 0 Å². The van der Waals surface area contributed by atoms with E-state index in [0.717, 1.165) is 5.70 Å². The average Bonchev–Trinajstić information content (AvgIpc) is 3.44. The molecule has 2 aliphatic heterocycles. The monoisotopic (exact) mass is 498 g/mol. The van der Waals surface area contributed by atoms with Gasteiger partial charge in [-0.2, -0.15) is 0 Å². The molecule has 6 aromatic carbocycles. The second-order valence-electron chi connectivity index (χ2n) is 10.2. The molecule has 2 aliphatic rings. The van der Waals surface area contributed by atoms with Gasteiger partial charge in [-0.3, -0.25) is 0 Å². The Morgan fingerprint density at radius 1 is 0.487 bits per heavy atom. The minimum absolute atomic E-state index is 0.168. The van der Waals surface area contributed by atoms with Crippen molar-refractivity contribution in [1.82, 2.24) is 10.2 Å². The van der Waals surface area contributed by atoms with E-state index in [1.54, 1.807) is 0 Å². The highest BCUT2D eigenvalue weighted by molar-refractivity contribution is 6.23. The van der Waals surface area contributed by atoms with E-state index in [1.165, 1.54) is 60.1 Å². The lowest BCUT2D eigenvalue weighted by atomic mass is 9.84. The molecule has 184 valence electrons. The van der Waals surface area contributed by atoms with Crippen LogP contribution in [0.4, 0.5) is 0 Å². The minimum atomic E-state index is 0.168. The number of nitrogens with zero attached hydrogens (tertiary/aromatic N) is 1. The predicted octanol–water partition coefficient (Wildman–Crippen LogP) is 9.09. The van der Waals surface area contributed by atoms with Gasteiger partial charge in [-0.05, 0) is 66.7 Å². The minimum Gasteiger partial charge on any atom is -0.360 e. The molecular weight excluding hydrogens is 472 g/mol. The summed E-state index contributed by atoms with van der Waals surface area (Å²) in [4.78, 5) is 2.22. The van der Waals surface area contributed by atoms with Gasteiger partial charge in [0.25, 0.3) is 0 Å². The number of allylic oxidation sites excluding steroid dienone is 2. The van der Waals surface area contributed by atoms with Crippen molar-refractivity contribution in [3.8, 4) is 22.3 Å². The number of benzene rings is 6. The first kappa shape index (κ1) is 22.0. The Labute approximate surface area is 227 Å². The van der Waals surface area contributed by atoms with Crippen LogP contribution in [0.2, 0.25) is 0 Å². The summed E-state index contributed by atoms with van der Waals surface area (Å²) in [6, 6.07) is 42.0. The lowest BCUT2D eigenvalue weighted by molar-refractivity contribution is 0.427. The molecule has 0 saturated heterocycles. The Balaban J connectivity index is 1.42. The van der Waals surface area contributed by atoms with Crippen molar-refractivity contribution >= 4 is 38.0 Å². The molecule has 2 nitrogen and oxygen atoms in total. The van der Waals surface area contributed by atoms with Crippen molar-refractivity contribution in [2.45, 2.75) is 6.17 Å². The van der Waals surface area contributed by atoms with Gasteiger partial charge >= 0.3 is 0 Å². The van der Waals surface area contributed by atoms with Gasteiger partial charge in [0.05, 0.1) is 5.70 Å². The second-order valence-corrected chi connectivity index (χ2v) is 10.2. The fraction of sp³-hybridized carbons (Fsp3) is 0.0270. The zero-order valence-electron chi connectivity index (χ0n) is 21.4. The molecule has 0 amide bonds. The molecule has 1 N–H and O–H groups in total. The van der Waals surface area contributed by atoms with E-state index in [9.17, 15) is 0 Å². The van der Waals surface area contributed by atoms with Crippen LogP contribution in [0.25, 0.3) is 60.3 Å². The molecule has 2 heterocycles. The Kier molecular flexibility index (Phi) is 4.92. The Morgan fingerprint density at radius 2 is 1.03 bits per heavy atom. The summed E-state index contributed by atoms with van der Waals surface area (Å²) in [5, 5.41) is 11.3. The third-order valence-corrected chi connectivity index (χ3v) is 8.04. The third kappa shape index (κ3) is 3.42. The molecular formula is C37H26N2. The summed E-state index contributed by atoms with van der Waals surface area (Å²) in [5.74, 6) is 0. The maximum atomic E-state index is 3.69. The van der Waals surface area contributed by atoms with Gasteiger partial charge in [-0.25, -0.2) is 0 Å². The first-order chi connectivity index (χ1) is 19.4. The lowest BCUT2D eigenvalue weighted by Gasteiger charge is -2.21. The van der Waals surface area contributed by atoms with Crippen LogP contribution in [0.1, 0.15) is 5.56 Å². The highest BCUT2D eigenvalue weighted by Gasteiger charge is 2.24. The van der Waals surface area contributed by atoms with Crippen LogP contribution in [0.5, 0.6) is 0 Å². The van der Waals surface area contributed by atoms with Crippen LogP contribution < -0.4 is 5.32 Å². The van der Waals surface area contributed by atoms with Gasteiger partial charge in [0.1, 0.15) is 6.17 Å². The van der Waals surface area contributed by atoms with Crippen molar-refractivity contribution in [1.29, 1.82) is 0 Å². The van der Waals surface area contributed by atoms with Gasteiger partial charge < -0.3 is 10.2 Å². The van der Waals surface area contributed by atoms with Crippen LogP contribution in [-0.4, -0.2) is 11.1 Å². The predicted molar refractivity (Wildman–Crippen MR) is 165 cm³/mol. The van der Waals surface area contributed by atoms with Crippen LogP contribution >= 0.6 is 0 Å². The third-order valence-electron chi connectivity index (χ3n) is 8.04. The van der Waals surface area contributed by atoms with Crippen molar-refractivity contribution in [3.63, 3.8) is 0 Å². The molecule has 1 unspecified atom stereocenters. The normalized spacial score (nSPS) is 16.1. The fourth-order valence-corrected chi connectivity index (χ4v) is 6.34. The Morgan fingerprint density at radius 3 is 1.67 bits per heavy atom. The van der Waals surface area contributed by atoms with E-state index < -0.39 is 0 Å². The molecule has 0 aliphatic carbocycles. The summed E-state index contributed by atoms with van der Waals surface area (Å²) < 4.78 is 0. The Hall–Kier alpha value is -5.08. The zero-order valence-corrected chi connectivity index (χ0v) is 21.4. The number of rotatable bonds is 3. The molecule has 39 heavy (non-hydrogen) atoms. The van der Waals surface area contributed by atoms with E-state index in [4.69, 9.17) is 0 Å². The highest BCUT2D eigenvalue weighted by atomic mass is 15.3. The molecule has 6 aromatic rings. The Bertz CT molecular complexity index is 1940. The largest absolute Gasteiger partial charge is 0.360 e. The molecule has 1 atom stereocenters. The summed E-state index contributed by atoms with van der Waals surface area (Å²) in [7, 11) is 0. The number of hydrogen-bond acceptors (Lipinski definition) is 2. The second kappa shape index (κ2) is 8.75. The molecule has 0 saturated carbocycles. The number of nitrogens with one attached hydrogen (secondary N) is 1. The maximum Gasteiger partial charge on any atom is 0.122 e. The van der Waals surface area contributed by atoms with Gasteiger partial charge in [0, 0.05) is 18.0 Å². The van der Waals surface area contributed by atoms with Gasteiger partial charge in [0.15, 0.2) is 0 Å². The van der Waals surface area contributed by atoms with Crippen molar-refractivity contribution in [2.24, 2.45) is 0 Å². The van der Waals surface area contributed by atoms with Crippen molar-refractivity contribution < 1.29 is 0 Å². The first-order valence-corrected chi connectivity index (χ1v) is 13.5. The van der Waals surface area contributed by atoms with Crippen molar-refractivity contribution in [3.05, 3.63) is 151 Å². The molecule has 0 aromatic heterocycles. The molecule has 0 bridgehead atoms. The number of hydrogen-bond donors (Lipinski definition) is 1. The smallest absolute Gasteiger partial charge is 0.122 e. The molecule has 8 rings (SSSR count). The zero-order chi connectivity index (χ0) is 25.8. The van der Waals surface area contributed by atoms with Crippen LogP contribution in [-0.2, 0) is 0 Å². The average molecular weight is 499 g/mol. The molecule has 0 spiro atoms. The molecule has 0 radical (unpaired) electrons. The van der Waals surface area contributed by atoms with Gasteiger partial charge in [-0.1, -0.05) is 121 Å². The lowest BCUT2D eigenvalue weighted by Crippen LogP contribution is -2.31. The van der Waals surface area contributed by atoms with Crippen LogP contribution in [0.15, 0.2) is 146 Å². The molecule has 2 heteroatoms. The maximum absolute atomic E-state index is 3.69. The van der Waals surface area contributed by atoms with Crippen molar-refractivity contribution in [2.75, 3.05) is 0 Å². The summed E-state index contributed by atoms with van der Waals surface area (Å²) >= 11 is 0. The van der Waals surface area contributed by atoms with E-state index in [-0.39, 0.29) is 6.17 Å². The number of fused-ring (bicyclic) bond motifs is 4. The van der Waals surface area contributed by atoms with E-state index >= 15 is 0 Å². The first-order valence-electron chi connectivity index (χ1n) is 13.5. The summed E-state index contributed by atoms with van der Waals surface area (Å²) in [5.41, 5.74) is 7.46. The SMILES string of the molecule is C1=CC2NC(c3ccc(-c4c5ccccc5c(-c5ccccc5)c5ccccc45)c4ccccc34)=CN2C=C1. The molecule has 0 fully saturated rings.